The van der Waals surface area contributed by atoms with E-state index in [1.807, 2.05) is 38.1 Å². The first-order chi connectivity index (χ1) is 10.9. The molecule has 0 spiro atoms. The molecule has 0 unspecified atom stereocenters. The number of nitrogens with one attached hydrogen (secondary N) is 1. The third kappa shape index (κ3) is 4.22. The van der Waals surface area contributed by atoms with E-state index in [4.69, 9.17) is 4.74 Å². The van der Waals surface area contributed by atoms with E-state index in [9.17, 15) is 9.59 Å². The van der Waals surface area contributed by atoms with Gasteiger partial charge in [0.2, 0.25) is 0 Å². The van der Waals surface area contributed by atoms with E-state index in [1.54, 1.807) is 26.2 Å². The van der Waals surface area contributed by atoms with Crippen LogP contribution in [0.4, 0.5) is 0 Å². The van der Waals surface area contributed by atoms with Gasteiger partial charge in [-0.05, 0) is 36.8 Å². The monoisotopic (exact) mass is 314 g/mol. The van der Waals surface area contributed by atoms with E-state index >= 15 is 0 Å². The van der Waals surface area contributed by atoms with Gasteiger partial charge in [-0.15, -0.1) is 0 Å². The normalized spacial score (nSPS) is 10.7. The van der Waals surface area contributed by atoms with Crippen LogP contribution in [-0.2, 0) is 4.79 Å². The van der Waals surface area contributed by atoms with Crippen LogP contribution in [0.2, 0.25) is 0 Å². The molecular formula is C18H22N2O3. The number of ether oxygens (including phenoxy) is 1. The molecule has 0 saturated heterocycles. The van der Waals surface area contributed by atoms with Crippen molar-refractivity contribution in [2.75, 3.05) is 20.7 Å². The molecule has 0 aliphatic rings. The average Bonchev–Trinajstić information content (AvgIpc) is 2.50. The second-order valence-corrected chi connectivity index (χ2v) is 5.91. The van der Waals surface area contributed by atoms with Crippen LogP contribution < -0.4 is 10.1 Å². The van der Waals surface area contributed by atoms with Crippen molar-refractivity contribution in [2.45, 2.75) is 19.9 Å². The molecule has 0 fully saturated rings. The zero-order chi connectivity index (χ0) is 17.0. The fraction of sp³-hybridized carbons (Fsp3) is 0.333. The fourth-order valence-electron chi connectivity index (χ4n) is 2.25. The summed E-state index contributed by atoms with van der Waals surface area (Å²) in [5.41, 5.74) is 0.450. The molecule has 0 radical (unpaired) electrons. The molecule has 0 atom stereocenters. The lowest BCUT2D eigenvalue weighted by molar-refractivity contribution is -0.123. The Balaban J connectivity index is 2.33. The highest BCUT2D eigenvalue weighted by Gasteiger charge is 2.17. The smallest absolute Gasteiger partial charge is 0.258 e. The minimum atomic E-state index is -0.212. The Morgan fingerprint density at radius 2 is 1.74 bits per heavy atom. The van der Waals surface area contributed by atoms with Gasteiger partial charge in [0, 0.05) is 20.1 Å². The Hall–Kier alpha value is -2.56. The number of nitrogens with zero attached hydrogens (tertiary/aromatic N) is 1. The van der Waals surface area contributed by atoms with Crippen LogP contribution >= 0.6 is 0 Å². The second kappa shape index (κ2) is 7.13. The quantitative estimate of drug-likeness (QED) is 0.922. The van der Waals surface area contributed by atoms with Gasteiger partial charge in [0.1, 0.15) is 5.75 Å². The number of fused-ring (bicyclic) bond motifs is 1. The van der Waals surface area contributed by atoms with E-state index in [-0.39, 0.29) is 24.5 Å². The number of carbonyl (C=O) groups excluding carboxylic acids is 2. The van der Waals surface area contributed by atoms with Gasteiger partial charge in [-0.3, -0.25) is 9.59 Å². The van der Waals surface area contributed by atoms with E-state index in [1.165, 1.54) is 4.90 Å². The molecule has 23 heavy (non-hydrogen) atoms. The zero-order valence-electron chi connectivity index (χ0n) is 13.9. The average molecular weight is 314 g/mol. The van der Waals surface area contributed by atoms with Gasteiger partial charge >= 0.3 is 0 Å². The van der Waals surface area contributed by atoms with Gasteiger partial charge in [-0.1, -0.05) is 24.3 Å². The third-order valence-corrected chi connectivity index (χ3v) is 3.29. The first-order valence-corrected chi connectivity index (χ1v) is 7.55. The van der Waals surface area contributed by atoms with Gasteiger partial charge in [0.25, 0.3) is 11.8 Å². The number of rotatable bonds is 5. The van der Waals surface area contributed by atoms with Crippen LogP contribution in [0, 0.1) is 0 Å². The molecular weight excluding hydrogens is 292 g/mol. The molecule has 122 valence electrons. The molecule has 0 heterocycles. The first kappa shape index (κ1) is 16.8. The van der Waals surface area contributed by atoms with Gasteiger partial charge in [0.05, 0.1) is 5.56 Å². The van der Waals surface area contributed by atoms with E-state index in [0.29, 0.717) is 11.3 Å². The number of hydrogen-bond donors (Lipinski definition) is 1. The van der Waals surface area contributed by atoms with Crippen molar-refractivity contribution in [2.24, 2.45) is 0 Å². The van der Waals surface area contributed by atoms with Crippen LogP contribution in [0.5, 0.6) is 5.75 Å². The largest absolute Gasteiger partial charge is 0.483 e. The predicted octanol–water partition coefficient (Wildman–Crippen LogP) is 2.45. The molecule has 2 rings (SSSR count). The number of amides is 2. The molecule has 1 N–H and O–H groups in total. The van der Waals surface area contributed by atoms with Crippen molar-refractivity contribution in [1.82, 2.24) is 10.2 Å². The third-order valence-electron chi connectivity index (χ3n) is 3.29. The fourth-order valence-corrected chi connectivity index (χ4v) is 2.25. The van der Waals surface area contributed by atoms with Crippen LogP contribution in [0.25, 0.3) is 10.8 Å². The van der Waals surface area contributed by atoms with Gasteiger partial charge in [-0.2, -0.15) is 0 Å². The van der Waals surface area contributed by atoms with Gasteiger partial charge < -0.3 is 15.0 Å². The lowest BCUT2D eigenvalue weighted by Crippen LogP contribution is -2.34. The second-order valence-electron chi connectivity index (χ2n) is 5.91. The maximum absolute atomic E-state index is 12.4. The van der Waals surface area contributed by atoms with E-state index in [2.05, 4.69) is 5.32 Å². The highest BCUT2D eigenvalue weighted by molar-refractivity contribution is 6.01. The molecule has 2 aromatic rings. The highest BCUT2D eigenvalue weighted by Crippen LogP contribution is 2.27. The Bertz CT molecular complexity index is 723. The summed E-state index contributed by atoms with van der Waals surface area (Å²) in [6.45, 7) is 3.65. The van der Waals surface area contributed by atoms with Crippen LogP contribution in [0.15, 0.2) is 36.4 Å². The van der Waals surface area contributed by atoms with E-state index < -0.39 is 0 Å². The summed E-state index contributed by atoms with van der Waals surface area (Å²) in [5, 5.41) is 4.68. The van der Waals surface area contributed by atoms with Crippen molar-refractivity contribution in [3.8, 4) is 5.75 Å². The first-order valence-electron chi connectivity index (χ1n) is 7.55. The number of benzene rings is 2. The van der Waals surface area contributed by atoms with Crippen LogP contribution in [-0.4, -0.2) is 43.5 Å². The molecule has 0 bridgehead atoms. The Morgan fingerprint density at radius 3 is 2.30 bits per heavy atom. The van der Waals surface area contributed by atoms with Crippen LogP contribution in [0.3, 0.4) is 0 Å². The minimum absolute atomic E-state index is 0.0468. The number of carbonyl (C=O) groups is 2. The summed E-state index contributed by atoms with van der Waals surface area (Å²) in [6, 6.07) is 11.4. The summed E-state index contributed by atoms with van der Waals surface area (Å²) in [4.78, 5) is 25.6. The molecule has 5 heteroatoms. The number of hydrogen-bond acceptors (Lipinski definition) is 3. The zero-order valence-corrected chi connectivity index (χ0v) is 13.9. The Kier molecular flexibility index (Phi) is 5.21. The van der Waals surface area contributed by atoms with Crippen molar-refractivity contribution in [3.63, 3.8) is 0 Å². The molecule has 0 aliphatic carbocycles. The molecule has 5 nitrogen and oxygen atoms in total. The summed E-state index contributed by atoms with van der Waals surface area (Å²) in [6.07, 6.45) is 0. The minimum Gasteiger partial charge on any atom is -0.483 e. The molecule has 2 amide bonds. The summed E-state index contributed by atoms with van der Waals surface area (Å²) in [7, 11) is 3.37. The van der Waals surface area contributed by atoms with Crippen LogP contribution in [0.1, 0.15) is 24.2 Å². The van der Waals surface area contributed by atoms with Crippen molar-refractivity contribution < 1.29 is 14.3 Å². The molecule has 2 aromatic carbocycles. The predicted molar refractivity (Wildman–Crippen MR) is 90.7 cm³/mol. The SMILES string of the molecule is CC(C)NC(=O)COc1cc2ccccc2cc1C(=O)N(C)C. The maximum Gasteiger partial charge on any atom is 0.258 e. The maximum atomic E-state index is 12.4. The topological polar surface area (TPSA) is 58.6 Å². The van der Waals surface area contributed by atoms with Gasteiger partial charge in [-0.25, -0.2) is 0 Å². The molecule has 0 aliphatic heterocycles. The summed E-state index contributed by atoms with van der Waals surface area (Å²) < 4.78 is 5.62. The summed E-state index contributed by atoms with van der Waals surface area (Å²) in [5.74, 6) is 0.0488. The van der Waals surface area contributed by atoms with Crippen molar-refractivity contribution in [3.05, 3.63) is 42.0 Å². The van der Waals surface area contributed by atoms with E-state index in [0.717, 1.165) is 10.8 Å². The Morgan fingerprint density at radius 1 is 1.13 bits per heavy atom. The van der Waals surface area contributed by atoms with Crippen molar-refractivity contribution >= 4 is 22.6 Å². The Labute approximate surface area is 136 Å². The summed E-state index contributed by atoms with van der Waals surface area (Å²) >= 11 is 0. The van der Waals surface area contributed by atoms with Gasteiger partial charge in [0.15, 0.2) is 6.61 Å². The molecule has 0 aromatic heterocycles. The lowest BCUT2D eigenvalue weighted by atomic mass is 10.1. The highest BCUT2D eigenvalue weighted by atomic mass is 16.5. The lowest BCUT2D eigenvalue weighted by Gasteiger charge is -2.16. The van der Waals surface area contributed by atoms with Crippen molar-refractivity contribution in [1.29, 1.82) is 0 Å². The standard InChI is InChI=1S/C18H22N2O3/c1-12(2)19-17(21)11-23-16-10-14-8-6-5-7-13(14)9-15(16)18(22)20(3)4/h5-10,12H,11H2,1-4H3,(H,19,21). The molecule has 0 saturated carbocycles.